The third kappa shape index (κ3) is 3.88. The Bertz CT molecular complexity index is 1610. The number of carbonyl (C=O) groups is 1. The van der Waals surface area contributed by atoms with Crippen LogP contribution in [0.4, 0.5) is 13.2 Å². The van der Waals surface area contributed by atoms with Crippen LogP contribution < -0.4 is 10.1 Å². The van der Waals surface area contributed by atoms with E-state index in [-0.39, 0.29) is 57.7 Å². The molecule has 2 aliphatic rings. The van der Waals surface area contributed by atoms with E-state index in [0.717, 1.165) is 24.0 Å². The van der Waals surface area contributed by atoms with Gasteiger partial charge in [0.2, 0.25) is 5.65 Å². The Morgan fingerprint density at radius 2 is 2.05 bits per heavy atom. The van der Waals surface area contributed by atoms with Crippen LogP contribution in [-0.4, -0.2) is 66.2 Å². The predicted molar refractivity (Wildman–Crippen MR) is 124 cm³/mol. The van der Waals surface area contributed by atoms with Gasteiger partial charge in [-0.3, -0.25) is 13.9 Å². The average Bonchev–Trinajstić information content (AvgIpc) is 3.42. The van der Waals surface area contributed by atoms with E-state index in [1.807, 2.05) is 0 Å². The molecular weight excluding hydrogens is 505 g/mol. The molecule has 0 radical (unpaired) electrons. The maximum absolute atomic E-state index is 13.6. The molecule has 0 saturated carbocycles. The number of amides is 1. The molecule has 0 atom stereocenters. The summed E-state index contributed by atoms with van der Waals surface area (Å²) in [7, 11) is 0. The summed E-state index contributed by atoms with van der Waals surface area (Å²) in [6.07, 6.45) is 0.347. The maximum Gasteiger partial charge on any atom is 0.435 e. The van der Waals surface area contributed by atoms with Gasteiger partial charge in [0.25, 0.3) is 11.8 Å². The summed E-state index contributed by atoms with van der Waals surface area (Å²) in [5, 5.41) is 26.1. The molecule has 38 heavy (non-hydrogen) atoms. The summed E-state index contributed by atoms with van der Waals surface area (Å²) < 4.78 is 49.0. The molecule has 5 heterocycles. The number of aromatic hydroxyl groups is 1. The maximum atomic E-state index is 13.6. The highest BCUT2D eigenvalue weighted by molar-refractivity contribution is 5.97. The van der Waals surface area contributed by atoms with Crippen molar-refractivity contribution in [2.45, 2.75) is 12.7 Å². The first-order chi connectivity index (χ1) is 18.2. The summed E-state index contributed by atoms with van der Waals surface area (Å²) in [5.74, 6) is -0.416. The second-order valence-corrected chi connectivity index (χ2v) is 9.36. The molecule has 1 aromatic carbocycles. The standard InChI is InChI=1S/C24H19F3N8O3/c25-24(26,27)19-16(9-34(32-19)5-3-28)17-8-31-20-21(30-4-6-35(17)20)38-14-1-2-15(18(36)7-14)22(37)33-12-23(13-33)10-29-11-23/h1-2,4,6-9,29,36H,5,10-13H2. The normalized spacial score (nSPS) is 16.2. The summed E-state index contributed by atoms with van der Waals surface area (Å²) in [5.41, 5.74) is -0.937. The molecule has 6 rings (SSSR count). The average molecular weight is 524 g/mol. The van der Waals surface area contributed by atoms with E-state index in [0.29, 0.717) is 13.1 Å². The van der Waals surface area contributed by atoms with Gasteiger partial charge in [-0.25, -0.2) is 9.97 Å². The van der Waals surface area contributed by atoms with Crippen molar-refractivity contribution in [2.75, 3.05) is 26.2 Å². The zero-order valence-electron chi connectivity index (χ0n) is 19.6. The molecule has 4 aromatic rings. The third-order valence-corrected chi connectivity index (χ3v) is 6.69. The number of likely N-dealkylation sites (tertiary alicyclic amines) is 1. The Balaban J connectivity index is 1.27. The molecule has 14 heteroatoms. The van der Waals surface area contributed by atoms with Crippen LogP contribution in [0.1, 0.15) is 16.1 Å². The molecule has 2 N–H and O–H groups in total. The topological polar surface area (TPSA) is 134 Å². The number of nitrogens with zero attached hydrogens (tertiary/aromatic N) is 7. The van der Waals surface area contributed by atoms with E-state index in [9.17, 15) is 23.1 Å². The zero-order valence-corrected chi connectivity index (χ0v) is 19.6. The monoisotopic (exact) mass is 524 g/mol. The Morgan fingerprint density at radius 3 is 2.71 bits per heavy atom. The van der Waals surface area contributed by atoms with Gasteiger partial charge in [0.05, 0.1) is 29.1 Å². The number of rotatable bonds is 5. The van der Waals surface area contributed by atoms with Gasteiger partial charge in [-0.1, -0.05) is 0 Å². The lowest BCUT2D eigenvalue weighted by molar-refractivity contribution is -0.141. The molecule has 2 aliphatic heterocycles. The predicted octanol–water partition coefficient (Wildman–Crippen LogP) is 2.68. The van der Waals surface area contributed by atoms with Crippen LogP contribution in [-0.2, 0) is 12.7 Å². The van der Waals surface area contributed by atoms with Crippen molar-refractivity contribution >= 4 is 11.6 Å². The number of nitrogens with one attached hydrogen (secondary N) is 1. The fourth-order valence-electron chi connectivity index (χ4n) is 4.79. The number of benzene rings is 1. The van der Waals surface area contributed by atoms with Gasteiger partial charge < -0.3 is 20.1 Å². The van der Waals surface area contributed by atoms with Crippen molar-refractivity contribution in [3.63, 3.8) is 0 Å². The van der Waals surface area contributed by atoms with Crippen LogP contribution >= 0.6 is 0 Å². The minimum atomic E-state index is -4.76. The molecule has 0 unspecified atom stereocenters. The first kappa shape index (κ1) is 23.7. The second-order valence-electron chi connectivity index (χ2n) is 9.36. The van der Waals surface area contributed by atoms with Crippen molar-refractivity contribution in [1.82, 2.24) is 34.4 Å². The summed E-state index contributed by atoms with van der Waals surface area (Å²) in [6.45, 7) is 2.67. The Hall–Kier alpha value is -4.64. The Kier molecular flexibility index (Phi) is 5.28. The first-order valence-corrected chi connectivity index (χ1v) is 11.5. The molecule has 11 nitrogen and oxygen atoms in total. The van der Waals surface area contributed by atoms with Gasteiger partial charge in [0.1, 0.15) is 18.0 Å². The SMILES string of the molecule is N#CCn1cc(-c2cnc3c(Oc4ccc(C(=O)N5CC6(CNC6)C5)c(O)c4)nccn23)c(C(F)(F)F)n1. The number of phenolic OH excluding ortho intramolecular Hbond substituents is 1. The molecule has 1 amide bonds. The fraction of sp³-hybridized carbons (Fsp3) is 0.292. The van der Waals surface area contributed by atoms with E-state index >= 15 is 0 Å². The smallest absolute Gasteiger partial charge is 0.435 e. The van der Waals surface area contributed by atoms with Crippen molar-refractivity contribution in [3.8, 4) is 34.7 Å². The van der Waals surface area contributed by atoms with E-state index in [1.165, 1.54) is 41.2 Å². The summed E-state index contributed by atoms with van der Waals surface area (Å²) in [4.78, 5) is 22.8. The minimum Gasteiger partial charge on any atom is -0.507 e. The second kappa shape index (κ2) is 8.45. The first-order valence-electron chi connectivity index (χ1n) is 11.5. The van der Waals surface area contributed by atoms with Crippen LogP contribution in [0.5, 0.6) is 17.4 Å². The molecule has 3 aromatic heterocycles. The van der Waals surface area contributed by atoms with Gasteiger partial charge in [0.15, 0.2) is 5.69 Å². The van der Waals surface area contributed by atoms with E-state index in [2.05, 4.69) is 20.4 Å². The largest absolute Gasteiger partial charge is 0.507 e. The third-order valence-electron chi connectivity index (χ3n) is 6.69. The lowest BCUT2D eigenvalue weighted by Gasteiger charge is -2.56. The number of phenols is 1. The molecule has 0 bridgehead atoms. The van der Waals surface area contributed by atoms with Crippen LogP contribution in [0.3, 0.4) is 0 Å². The number of nitriles is 1. The van der Waals surface area contributed by atoms with Gasteiger partial charge in [-0.2, -0.15) is 23.5 Å². The Labute approximate surface area is 212 Å². The molecule has 0 aliphatic carbocycles. The molecule has 2 saturated heterocycles. The van der Waals surface area contributed by atoms with Crippen LogP contribution in [0.25, 0.3) is 16.9 Å². The lowest BCUT2D eigenvalue weighted by atomic mass is 9.74. The molecule has 2 fully saturated rings. The summed E-state index contributed by atoms with van der Waals surface area (Å²) in [6, 6.07) is 5.99. The van der Waals surface area contributed by atoms with E-state index in [4.69, 9.17) is 10.00 Å². The zero-order chi connectivity index (χ0) is 26.7. The quantitative estimate of drug-likeness (QED) is 0.407. The fourth-order valence-corrected chi connectivity index (χ4v) is 4.79. The van der Waals surface area contributed by atoms with Gasteiger partial charge >= 0.3 is 6.18 Å². The lowest BCUT2D eigenvalue weighted by Crippen LogP contribution is -2.71. The van der Waals surface area contributed by atoms with Gasteiger partial charge in [0, 0.05) is 56.3 Å². The number of hydrogen-bond donors (Lipinski definition) is 2. The highest BCUT2D eigenvalue weighted by Gasteiger charge is 2.49. The van der Waals surface area contributed by atoms with Crippen LogP contribution in [0.15, 0.2) is 43.0 Å². The highest BCUT2D eigenvalue weighted by Crippen LogP contribution is 2.38. The van der Waals surface area contributed by atoms with Crippen LogP contribution in [0, 0.1) is 16.7 Å². The van der Waals surface area contributed by atoms with E-state index in [1.54, 1.807) is 11.0 Å². The van der Waals surface area contributed by atoms with Gasteiger partial charge in [-0.05, 0) is 12.1 Å². The number of ether oxygens (including phenoxy) is 1. The number of fused-ring (bicyclic) bond motifs is 1. The molecular formula is C24H19F3N8O3. The van der Waals surface area contributed by atoms with Crippen molar-refractivity contribution in [3.05, 3.63) is 54.2 Å². The number of alkyl halides is 3. The number of halogens is 3. The van der Waals surface area contributed by atoms with Crippen molar-refractivity contribution < 1.29 is 27.8 Å². The van der Waals surface area contributed by atoms with Gasteiger partial charge in [-0.15, -0.1) is 0 Å². The molecule has 1 spiro atoms. The van der Waals surface area contributed by atoms with Crippen molar-refractivity contribution in [2.24, 2.45) is 5.41 Å². The minimum absolute atomic E-state index is 0.0302. The number of aromatic nitrogens is 5. The van der Waals surface area contributed by atoms with Crippen LogP contribution in [0.2, 0.25) is 0 Å². The number of hydrogen-bond acceptors (Lipinski definition) is 8. The number of imidazole rings is 1. The summed E-state index contributed by atoms with van der Waals surface area (Å²) >= 11 is 0. The highest BCUT2D eigenvalue weighted by atomic mass is 19.4. The van der Waals surface area contributed by atoms with Crippen molar-refractivity contribution in [1.29, 1.82) is 5.26 Å². The Morgan fingerprint density at radius 1 is 1.26 bits per heavy atom. The number of carbonyl (C=O) groups excluding carboxylic acids is 1. The van der Waals surface area contributed by atoms with E-state index < -0.39 is 11.9 Å². The molecule has 194 valence electrons.